The van der Waals surface area contributed by atoms with Crippen LogP contribution < -0.4 is 5.73 Å². The van der Waals surface area contributed by atoms with E-state index < -0.39 is 17.2 Å². The second kappa shape index (κ2) is 5.47. The Hall–Kier alpha value is -1.78. The van der Waals surface area contributed by atoms with Crippen molar-refractivity contribution in [2.75, 3.05) is 6.54 Å². The van der Waals surface area contributed by atoms with E-state index in [9.17, 15) is 13.9 Å². The molecule has 0 bridgehead atoms. The molecule has 2 rings (SSSR count). The van der Waals surface area contributed by atoms with Gasteiger partial charge in [-0.15, -0.1) is 0 Å². The van der Waals surface area contributed by atoms with Crippen molar-refractivity contribution >= 4 is 0 Å². The normalized spacial score (nSPS) is 14.1. The Morgan fingerprint density at radius 1 is 1.05 bits per heavy atom. The molecule has 0 aromatic heterocycles. The predicted molar refractivity (Wildman–Crippen MR) is 69.5 cm³/mol. The van der Waals surface area contributed by atoms with Crippen molar-refractivity contribution in [3.05, 3.63) is 71.3 Å². The molecule has 4 heteroatoms. The molecule has 0 spiro atoms. The number of benzene rings is 2. The van der Waals surface area contributed by atoms with Gasteiger partial charge in [0.2, 0.25) is 0 Å². The van der Waals surface area contributed by atoms with Crippen LogP contribution in [-0.2, 0) is 12.0 Å². The molecular weight excluding hydrogens is 248 g/mol. The van der Waals surface area contributed by atoms with Crippen LogP contribution in [0.1, 0.15) is 11.1 Å². The van der Waals surface area contributed by atoms with Crippen molar-refractivity contribution in [1.29, 1.82) is 0 Å². The Labute approximate surface area is 110 Å². The minimum absolute atomic E-state index is 0.0723. The monoisotopic (exact) mass is 263 g/mol. The van der Waals surface area contributed by atoms with E-state index in [1.165, 1.54) is 0 Å². The molecule has 1 atom stereocenters. The molecule has 0 saturated carbocycles. The van der Waals surface area contributed by atoms with E-state index in [0.717, 1.165) is 18.2 Å². The molecule has 0 aliphatic heterocycles. The van der Waals surface area contributed by atoms with E-state index >= 15 is 0 Å². The average molecular weight is 263 g/mol. The summed E-state index contributed by atoms with van der Waals surface area (Å²) in [6.45, 7) is -0.0764. The van der Waals surface area contributed by atoms with Gasteiger partial charge < -0.3 is 10.8 Å². The zero-order valence-corrected chi connectivity index (χ0v) is 10.3. The van der Waals surface area contributed by atoms with E-state index in [-0.39, 0.29) is 18.5 Å². The fourth-order valence-corrected chi connectivity index (χ4v) is 2.03. The van der Waals surface area contributed by atoms with E-state index in [2.05, 4.69) is 0 Å². The van der Waals surface area contributed by atoms with Gasteiger partial charge in [0.1, 0.15) is 17.2 Å². The van der Waals surface area contributed by atoms with Gasteiger partial charge >= 0.3 is 0 Å². The highest BCUT2D eigenvalue weighted by Gasteiger charge is 2.29. The summed E-state index contributed by atoms with van der Waals surface area (Å²) in [4.78, 5) is 0. The first-order valence-corrected chi connectivity index (χ1v) is 5.97. The van der Waals surface area contributed by atoms with Crippen LogP contribution in [0.4, 0.5) is 8.78 Å². The van der Waals surface area contributed by atoms with Crippen molar-refractivity contribution < 1.29 is 13.9 Å². The predicted octanol–water partition coefficient (Wildman–Crippen LogP) is 2.35. The molecule has 3 N–H and O–H groups in total. The Kier molecular flexibility index (Phi) is 3.93. The van der Waals surface area contributed by atoms with E-state index in [1.807, 2.05) is 6.07 Å². The molecule has 0 amide bonds. The maximum atomic E-state index is 13.6. The Morgan fingerprint density at radius 2 is 1.74 bits per heavy atom. The van der Waals surface area contributed by atoms with Gasteiger partial charge in [0.25, 0.3) is 0 Å². The van der Waals surface area contributed by atoms with Gasteiger partial charge in [-0.2, -0.15) is 0 Å². The molecule has 0 heterocycles. The zero-order chi connectivity index (χ0) is 13.9. The quantitative estimate of drug-likeness (QED) is 0.889. The summed E-state index contributed by atoms with van der Waals surface area (Å²) in [6, 6.07) is 11.9. The van der Waals surface area contributed by atoms with Crippen LogP contribution >= 0.6 is 0 Å². The van der Waals surface area contributed by atoms with Crippen molar-refractivity contribution in [3.8, 4) is 0 Å². The van der Waals surface area contributed by atoms with Crippen molar-refractivity contribution in [1.82, 2.24) is 0 Å². The summed E-state index contributed by atoms with van der Waals surface area (Å²) in [6.07, 6.45) is -0.0723. The number of hydrogen-bond donors (Lipinski definition) is 2. The van der Waals surface area contributed by atoms with Gasteiger partial charge in [0.05, 0.1) is 0 Å². The summed E-state index contributed by atoms with van der Waals surface area (Å²) >= 11 is 0. The first kappa shape index (κ1) is 13.6. The van der Waals surface area contributed by atoms with Gasteiger partial charge in [-0.1, -0.05) is 30.3 Å². The largest absolute Gasteiger partial charge is 0.383 e. The molecule has 0 radical (unpaired) electrons. The number of hydrogen-bond acceptors (Lipinski definition) is 2. The molecule has 0 aliphatic carbocycles. The van der Waals surface area contributed by atoms with E-state index in [4.69, 9.17) is 5.73 Å². The maximum absolute atomic E-state index is 13.6. The van der Waals surface area contributed by atoms with E-state index in [0.29, 0.717) is 5.56 Å². The molecule has 19 heavy (non-hydrogen) atoms. The standard InChI is InChI=1S/C15H15F2NO/c16-13-6-7-14(17)11(8-13)9-15(19,10-18)12-4-2-1-3-5-12/h1-8,19H,9-10,18H2. The van der Waals surface area contributed by atoms with Gasteiger partial charge in [-0.05, 0) is 29.3 Å². The summed E-state index contributed by atoms with van der Waals surface area (Å²) in [5.74, 6) is -1.09. The smallest absolute Gasteiger partial charge is 0.126 e. The molecule has 2 aromatic carbocycles. The molecule has 0 fully saturated rings. The fourth-order valence-electron chi connectivity index (χ4n) is 2.03. The molecule has 100 valence electrons. The molecule has 1 unspecified atom stereocenters. The van der Waals surface area contributed by atoms with Crippen molar-refractivity contribution in [2.45, 2.75) is 12.0 Å². The first-order chi connectivity index (χ1) is 9.05. The number of aliphatic hydroxyl groups is 1. The van der Waals surface area contributed by atoms with Gasteiger partial charge in [-0.25, -0.2) is 8.78 Å². The van der Waals surface area contributed by atoms with Crippen LogP contribution in [0.3, 0.4) is 0 Å². The van der Waals surface area contributed by atoms with Crippen LogP contribution in [0.2, 0.25) is 0 Å². The summed E-state index contributed by atoms with van der Waals surface area (Å²) < 4.78 is 26.8. The zero-order valence-electron chi connectivity index (χ0n) is 10.3. The maximum Gasteiger partial charge on any atom is 0.126 e. The third-order valence-electron chi connectivity index (χ3n) is 3.14. The van der Waals surface area contributed by atoms with Crippen molar-refractivity contribution in [2.24, 2.45) is 5.73 Å². The average Bonchev–Trinajstić information content (AvgIpc) is 2.44. The molecule has 2 nitrogen and oxygen atoms in total. The Morgan fingerprint density at radius 3 is 2.37 bits per heavy atom. The summed E-state index contributed by atoms with van der Waals surface area (Å²) in [5.41, 5.74) is 4.89. The lowest BCUT2D eigenvalue weighted by atomic mass is 9.87. The van der Waals surface area contributed by atoms with Crippen LogP contribution in [0.5, 0.6) is 0 Å². The molecule has 0 aliphatic rings. The van der Waals surface area contributed by atoms with Crippen LogP contribution in [0, 0.1) is 11.6 Å². The highest BCUT2D eigenvalue weighted by molar-refractivity contribution is 5.28. The fraction of sp³-hybridized carbons (Fsp3) is 0.200. The summed E-state index contributed by atoms with van der Waals surface area (Å²) in [5, 5.41) is 10.5. The molecule has 0 saturated heterocycles. The third-order valence-corrected chi connectivity index (χ3v) is 3.14. The van der Waals surface area contributed by atoms with E-state index in [1.54, 1.807) is 24.3 Å². The minimum Gasteiger partial charge on any atom is -0.383 e. The van der Waals surface area contributed by atoms with Crippen molar-refractivity contribution in [3.63, 3.8) is 0 Å². The second-order valence-corrected chi connectivity index (χ2v) is 4.51. The third kappa shape index (κ3) is 2.97. The molecule has 2 aromatic rings. The van der Waals surface area contributed by atoms with Gasteiger partial charge in [-0.3, -0.25) is 0 Å². The SMILES string of the molecule is NCC(O)(Cc1cc(F)ccc1F)c1ccccc1. The number of nitrogens with two attached hydrogens (primary N) is 1. The lowest BCUT2D eigenvalue weighted by Crippen LogP contribution is -2.37. The van der Waals surface area contributed by atoms with Crippen LogP contribution in [-0.4, -0.2) is 11.7 Å². The lowest BCUT2D eigenvalue weighted by Gasteiger charge is -2.27. The Bertz CT molecular complexity index is 559. The lowest BCUT2D eigenvalue weighted by molar-refractivity contribution is 0.0453. The minimum atomic E-state index is -1.41. The number of halogens is 2. The van der Waals surface area contributed by atoms with Gasteiger partial charge in [0.15, 0.2) is 0 Å². The topological polar surface area (TPSA) is 46.2 Å². The molecular formula is C15H15F2NO. The Balaban J connectivity index is 2.36. The van der Waals surface area contributed by atoms with Crippen LogP contribution in [0.25, 0.3) is 0 Å². The number of rotatable bonds is 4. The first-order valence-electron chi connectivity index (χ1n) is 5.97. The summed E-state index contributed by atoms with van der Waals surface area (Å²) in [7, 11) is 0. The van der Waals surface area contributed by atoms with Crippen LogP contribution in [0.15, 0.2) is 48.5 Å². The highest BCUT2D eigenvalue weighted by Crippen LogP contribution is 2.26. The second-order valence-electron chi connectivity index (χ2n) is 4.51. The highest BCUT2D eigenvalue weighted by atomic mass is 19.1. The van der Waals surface area contributed by atoms with Gasteiger partial charge in [0, 0.05) is 13.0 Å².